The molecule has 0 radical (unpaired) electrons. The summed E-state index contributed by atoms with van der Waals surface area (Å²) in [4.78, 5) is 36.2. The molecule has 0 aromatic heterocycles. The molecule has 0 saturated carbocycles. The molecule has 1 heterocycles. The average molecular weight is 290 g/mol. The number of nitrogens with zero attached hydrogens (tertiary/aromatic N) is 1. The first-order chi connectivity index (χ1) is 9.84. The molecule has 2 amide bonds. The molecule has 0 aliphatic carbocycles. The summed E-state index contributed by atoms with van der Waals surface area (Å²) in [7, 11) is 0. The normalized spacial score (nSPS) is 21.1. The molecule has 1 aromatic carbocycles. The van der Waals surface area contributed by atoms with Crippen molar-refractivity contribution in [2.45, 2.75) is 32.2 Å². The van der Waals surface area contributed by atoms with Crippen molar-refractivity contribution in [3.8, 4) is 0 Å². The van der Waals surface area contributed by atoms with Gasteiger partial charge in [-0.15, -0.1) is 0 Å². The number of carbonyl (C=O) groups is 3. The number of nitrogens with one attached hydrogen (secondary N) is 1. The summed E-state index contributed by atoms with van der Waals surface area (Å²) in [5, 5.41) is 12.0. The number of likely N-dealkylation sites (tertiary alicyclic amines) is 1. The number of hydrogen-bond acceptors (Lipinski definition) is 3. The summed E-state index contributed by atoms with van der Waals surface area (Å²) in [5.74, 6) is -1.47. The number of amides is 2. The lowest BCUT2D eigenvalue weighted by Gasteiger charge is -2.31. The summed E-state index contributed by atoms with van der Waals surface area (Å²) in [6.07, 6.45) is 1.14. The van der Waals surface area contributed by atoms with Gasteiger partial charge in [0.25, 0.3) is 5.91 Å². The lowest BCUT2D eigenvalue weighted by molar-refractivity contribution is -0.147. The molecule has 0 bridgehead atoms. The second-order valence-corrected chi connectivity index (χ2v) is 5.40. The maximum atomic E-state index is 12.5. The van der Waals surface area contributed by atoms with Crippen molar-refractivity contribution in [1.82, 2.24) is 4.90 Å². The third-order valence-electron chi connectivity index (χ3n) is 3.80. The molecule has 2 rings (SSSR count). The maximum Gasteiger partial charge on any atom is 0.329 e. The molecule has 1 aromatic rings. The fraction of sp³-hybridized carbons (Fsp3) is 0.400. The van der Waals surface area contributed by atoms with E-state index in [1.54, 1.807) is 31.2 Å². The number of rotatable bonds is 3. The second kappa shape index (κ2) is 5.55. The van der Waals surface area contributed by atoms with E-state index >= 15 is 0 Å². The highest BCUT2D eigenvalue weighted by Crippen LogP contribution is 2.30. The molecular formula is C15H18N2O4. The molecule has 1 unspecified atom stereocenters. The minimum atomic E-state index is -1.15. The standard InChI is InChI=1S/C15H18N2O4/c1-10(18)16-12-6-4-11(5-7-12)13(19)17-9-3-8-15(17,2)14(20)21/h4-7H,3,8-9H2,1-2H3,(H,16,18)(H,20,21). The van der Waals surface area contributed by atoms with Crippen LogP contribution in [0.2, 0.25) is 0 Å². The summed E-state index contributed by atoms with van der Waals surface area (Å²) < 4.78 is 0. The first-order valence-corrected chi connectivity index (χ1v) is 6.77. The largest absolute Gasteiger partial charge is 0.480 e. The van der Waals surface area contributed by atoms with Gasteiger partial charge in [-0.1, -0.05) is 0 Å². The van der Waals surface area contributed by atoms with E-state index in [2.05, 4.69) is 5.32 Å². The van der Waals surface area contributed by atoms with Gasteiger partial charge in [0, 0.05) is 24.7 Å². The molecule has 1 saturated heterocycles. The Bertz CT molecular complexity index is 582. The first-order valence-electron chi connectivity index (χ1n) is 6.77. The van der Waals surface area contributed by atoms with Gasteiger partial charge < -0.3 is 15.3 Å². The van der Waals surface area contributed by atoms with Crippen molar-refractivity contribution in [3.05, 3.63) is 29.8 Å². The van der Waals surface area contributed by atoms with Crippen LogP contribution in [0.1, 0.15) is 37.0 Å². The minimum absolute atomic E-state index is 0.188. The highest BCUT2D eigenvalue weighted by atomic mass is 16.4. The van der Waals surface area contributed by atoms with Gasteiger partial charge in [-0.3, -0.25) is 9.59 Å². The topological polar surface area (TPSA) is 86.7 Å². The van der Waals surface area contributed by atoms with Crippen molar-refractivity contribution in [2.75, 3.05) is 11.9 Å². The summed E-state index contributed by atoms with van der Waals surface area (Å²) in [6, 6.07) is 6.44. The predicted molar refractivity (Wildman–Crippen MR) is 77.1 cm³/mol. The van der Waals surface area contributed by atoms with Gasteiger partial charge in [0.2, 0.25) is 5.91 Å². The van der Waals surface area contributed by atoms with Crippen LogP contribution in [0.5, 0.6) is 0 Å². The Kier molecular flexibility index (Phi) is 3.97. The van der Waals surface area contributed by atoms with Gasteiger partial charge in [0.05, 0.1) is 0 Å². The van der Waals surface area contributed by atoms with Crippen LogP contribution in [-0.4, -0.2) is 39.9 Å². The van der Waals surface area contributed by atoms with E-state index in [4.69, 9.17) is 0 Å². The van der Waals surface area contributed by atoms with E-state index in [-0.39, 0.29) is 11.8 Å². The van der Waals surface area contributed by atoms with Gasteiger partial charge in [-0.2, -0.15) is 0 Å². The van der Waals surface area contributed by atoms with Gasteiger partial charge >= 0.3 is 5.97 Å². The molecule has 2 N–H and O–H groups in total. The number of hydrogen-bond donors (Lipinski definition) is 2. The smallest absolute Gasteiger partial charge is 0.329 e. The van der Waals surface area contributed by atoms with Crippen LogP contribution in [-0.2, 0) is 9.59 Å². The monoisotopic (exact) mass is 290 g/mol. The Morgan fingerprint density at radius 3 is 2.38 bits per heavy atom. The van der Waals surface area contributed by atoms with E-state index in [1.165, 1.54) is 11.8 Å². The second-order valence-electron chi connectivity index (χ2n) is 5.40. The molecule has 112 valence electrons. The lowest BCUT2D eigenvalue weighted by atomic mass is 9.98. The Balaban J connectivity index is 2.20. The fourth-order valence-electron chi connectivity index (χ4n) is 2.57. The van der Waals surface area contributed by atoms with E-state index in [9.17, 15) is 19.5 Å². The number of benzene rings is 1. The van der Waals surface area contributed by atoms with Gasteiger partial charge in [0.15, 0.2) is 0 Å². The van der Waals surface area contributed by atoms with Crippen molar-refractivity contribution < 1.29 is 19.5 Å². The highest BCUT2D eigenvalue weighted by molar-refractivity contribution is 5.98. The summed E-state index contributed by atoms with van der Waals surface area (Å²) in [6.45, 7) is 3.42. The zero-order valence-corrected chi connectivity index (χ0v) is 12.0. The molecule has 1 atom stereocenters. The number of aliphatic carboxylic acids is 1. The lowest BCUT2D eigenvalue weighted by Crippen LogP contribution is -2.50. The van der Waals surface area contributed by atoms with Gasteiger partial charge in [-0.05, 0) is 44.0 Å². The zero-order chi connectivity index (χ0) is 15.6. The van der Waals surface area contributed by atoms with Crippen LogP contribution >= 0.6 is 0 Å². The Labute approximate surface area is 122 Å². The summed E-state index contributed by atoms with van der Waals surface area (Å²) >= 11 is 0. The van der Waals surface area contributed by atoms with Crippen molar-refractivity contribution in [3.63, 3.8) is 0 Å². The number of anilines is 1. The quantitative estimate of drug-likeness (QED) is 0.887. The fourth-order valence-corrected chi connectivity index (χ4v) is 2.57. The van der Waals surface area contributed by atoms with E-state index in [1.807, 2.05) is 0 Å². The summed E-state index contributed by atoms with van der Waals surface area (Å²) in [5.41, 5.74) is -0.132. The van der Waals surface area contributed by atoms with Crippen LogP contribution in [0.3, 0.4) is 0 Å². The number of carboxylic acids is 1. The van der Waals surface area contributed by atoms with Gasteiger partial charge in [0.1, 0.15) is 5.54 Å². The van der Waals surface area contributed by atoms with E-state index in [0.717, 1.165) is 0 Å². The molecule has 1 aliphatic rings. The molecular weight excluding hydrogens is 272 g/mol. The highest BCUT2D eigenvalue weighted by Gasteiger charge is 2.46. The molecule has 21 heavy (non-hydrogen) atoms. The SMILES string of the molecule is CC(=O)Nc1ccc(C(=O)N2CCCC2(C)C(=O)O)cc1. The molecule has 6 nitrogen and oxygen atoms in total. The van der Waals surface area contributed by atoms with Crippen LogP contribution in [0.25, 0.3) is 0 Å². The Morgan fingerprint density at radius 2 is 1.86 bits per heavy atom. The average Bonchev–Trinajstić information content (AvgIpc) is 2.81. The first kappa shape index (κ1) is 15.0. The maximum absolute atomic E-state index is 12.5. The van der Waals surface area contributed by atoms with Crippen molar-refractivity contribution in [1.29, 1.82) is 0 Å². The van der Waals surface area contributed by atoms with Crippen molar-refractivity contribution in [2.24, 2.45) is 0 Å². The third-order valence-corrected chi connectivity index (χ3v) is 3.80. The predicted octanol–water partition coefficient (Wildman–Crippen LogP) is 1.72. The van der Waals surface area contributed by atoms with Crippen LogP contribution < -0.4 is 5.32 Å². The molecule has 6 heteroatoms. The van der Waals surface area contributed by atoms with Crippen LogP contribution in [0.4, 0.5) is 5.69 Å². The molecule has 0 spiro atoms. The van der Waals surface area contributed by atoms with Gasteiger partial charge in [-0.25, -0.2) is 4.79 Å². The molecule has 1 fully saturated rings. The molecule has 1 aliphatic heterocycles. The third kappa shape index (κ3) is 2.89. The number of carboxylic acid groups (broad SMARTS) is 1. The number of carbonyl (C=O) groups excluding carboxylic acids is 2. The van der Waals surface area contributed by atoms with E-state index in [0.29, 0.717) is 30.6 Å². The Morgan fingerprint density at radius 1 is 1.24 bits per heavy atom. The Hall–Kier alpha value is -2.37. The van der Waals surface area contributed by atoms with Crippen LogP contribution in [0.15, 0.2) is 24.3 Å². The minimum Gasteiger partial charge on any atom is -0.480 e. The zero-order valence-electron chi connectivity index (χ0n) is 12.0. The van der Waals surface area contributed by atoms with Crippen LogP contribution in [0, 0.1) is 0 Å². The van der Waals surface area contributed by atoms with Crippen molar-refractivity contribution >= 4 is 23.5 Å². The van der Waals surface area contributed by atoms with E-state index < -0.39 is 11.5 Å².